The highest BCUT2D eigenvalue weighted by molar-refractivity contribution is 5.89. The zero-order chi connectivity index (χ0) is 12.1. The number of halogens is 1. The van der Waals surface area contributed by atoms with Gasteiger partial charge in [-0.25, -0.2) is 4.79 Å². The fourth-order valence-corrected chi connectivity index (χ4v) is 1.37. The second-order valence-corrected chi connectivity index (χ2v) is 3.45. The Kier molecular flexibility index (Phi) is 3.45. The number of rotatable bonds is 3. The van der Waals surface area contributed by atoms with Gasteiger partial charge in [-0.3, -0.25) is 0 Å². The molecule has 0 spiro atoms. The third-order valence-electron chi connectivity index (χ3n) is 2.25. The summed E-state index contributed by atoms with van der Waals surface area (Å²) in [4.78, 5) is 12.0. The van der Waals surface area contributed by atoms with Gasteiger partial charge in [-0.05, 0) is 18.2 Å². The quantitative estimate of drug-likeness (QED) is 0.758. The molecule has 0 saturated heterocycles. The number of hydrogen-bond acceptors (Lipinski definition) is 2. The van der Waals surface area contributed by atoms with E-state index in [0.717, 1.165) is 0 Å². The molecule has 17 heavy (non-hydrogen) atoms. The number of carbonyl (C=O) groups is 1. The molecule has 0 fully saturated rings. The molecule has 0 N–H and O–H groups in total. The minimum Gasteiger partial charge on any atom is -0.451 e. The van der Waals surface area contributed by atoms with Crippen molar-refractivity contribution in [2.45, 2.75) is 6.61 Å². The zero-order valence-corrected chi connectivity index (χ0v) is 9.04. The highest BCUT2D eigenvalue weighted by Gasteiger charge is 2.13. The first-order chi connectivity index (χ1) is 8.27. The average molecular weight is 232 g/mol. The maximum absolute atomic E-state index is 13.2. The molecule has 1 heterocycles. The summed E-state index contributed by atoms with van der Waals surface area (Å²) in [7, 11) is 0. The molecule has 2 aromatic rings. The summed E-state index contributed by atoms with van der Waals surface area (Å²) < 4.78 is 18.2. The van der Waals surface area contributed by atoms with Gasteiger partial charge >= 0.3 is 5.97 Å². The van der Waals surface area contributed by atoms with Crippen molar-refractivity contribution < 1.29 is 18.8 Å². The Balaban J connectivity index is 2.00. The topological polar surface area (TPSA) is 30.2 Å². The number of carbonyl (C=O) groups excluding carboxylic acids is 1. The van der Waals surface area contributed by atoms with Gasteiger partial charge in [0.2, 0.25) is 6.20 Å². The van der Waals surface area contributed by atoms with Crippen LogP contribution in [0, 0.1) is 0 Å². The van der Waals surface area contributed by atoms with Crippen molar-refractivity contribution in [2.75, 3.05) is 0 Å². The second-order valence-electron chi connectivity index (χ2n) is 3.45. The van der Waals surface area contributed by atoms with Crippen molar-refractivity contribution in [2.24, 2.45) is 0 Å². The largest absolute Gasteiger partial charge is 0.451 e. The van der Waals surface area contributed by atoms with E-state index < -0.39 is 5.97 Å². The van der Waals surface area contributed by atoms with E-state index in [1.54, 1.807) is 42.5 Å². The first-order valence-electron chi connectivity index (χ1n) is 5.15. The first-order valence-corrected chi connectivity index (χ1v) is 5.15. The fraction of sp³-hybridized carbons (Fsp3) is 0.0769. The summed E-state index contributed by atoms with van der Waals surface area (Å²) >= 11 is 0. The van der Waals surface area contributed by atoms with Gasteiger partial charge in [-0.15, -0.1) is 0 Å². The number of esters is 1. The summed E-state index contributed by atoms with van der Waals surface area (Å²) in [6.07, 6.45) is 1.26. The van der Waals surface area contributed by atoms with Crippen molar-refractivity contribution in [1.29, 1.82) is 0 Å². The molecule has 1 aromatic carbocycles. The number of nitrogens with zero attached hydrogens (tertiary/aromatic N) is 1. The van der Waals surface area contributed by atoms with Crippen LogP contribution >= 0.6 is 0 Å². The van der Waals surface area contributed by atoms with Crippen molar-refractivity contribution in [3.05, 3.63) is 66.0 Å². The summed E-state index contributed by atoms with van der Waals surface area (Å²) in [5, 5.41) is 0. The van der Waals surface area contributed by atoms with Gasteiger partial charge < -0.3 is 4.74 Å². The van der Waals surface area contributed by atoms with E-state index >= 15 is 0 Å². The maximum Gasteiger partial charge on any atom is 0.338 e. The molecule has 0 radical (unpaired) electrons. The molecule has 3 nitrogen and oxygen atoms in total. The van der Waals surface area contributed by atoms with E-state index in [1.165, 1.54) is 6.20 Å². The van der Waals surface area contributed by atoms with Crippen molar-refractivity contribution >= 4 is 5.97 Å². The lowest BCUT2D eigenvalue weighted by molar-refractivity contribution is -0.850. The normalized spacial score (nSPS) is 9.94. The van der Waals surface area contributed by atoms with Crippen molar-refractivity contribution in [3.8, 4) is 0 Å². The van der Waals surface area contributed by atoms with E-state index in [4.69, 9.17) is 4.74 Å². The van der Waals surface area contributed by atoms with Crippen LogP contribution in [-0.2, 0) is 11.3 Å². The molecule has 0 aliphatic rings. The summed E-state index contributed by atoms with van der Waals surface area (Å²) in [6.45, 7) is -0.0922. The Bertz CT molecular complexity index is 514. The number of pyridine rings is 1. The molecule has 4 heteroatoms. The Morgan fingerprint density at radius 3 is 2.53 bits per heavy atom. The van der Waals surface area contributed by atoms with Gasteiger partial charge in [-0.1, -0.05) is 18.2 Å². The molecule has 0 aliphatic heterocycles. The molecular weight excluding hydrogens is 221 g/mol. The first kappa shape index (κ1) is 11.3. The van der Waals surface area contributed by atoms with Crippen LogP contribution < -0.4 is 4.79 Å². The van der Waals surface area contributed by atoms with E-state index in [9.17, 15) is 9.28 Å². The molecular formula is C13H11FNO2+. The standard InChI is InChI=1S/C13H11FNO2/c14-15-9-5-4-8-12(15)10-17-13(16)11-6-2-1-3-7-11/h1-9H,10H2/q+1. The monoisotopic (exact) mass is 232 g/mol. The highest BCUT2D eigenvalue weighted by atomic mass is 19.2. The zero-order valence-electron chi connectivity index (χ0n) is 9.04. The maximum atomic E-state index is 13.2. The molecule has 1 aromatic heterocycles. The van der Waals surface area contributed by atoms with E-state index in [2.05, 4.69) is 0 Å². The Hall–Kier alpha value is -2.23. The van der Waals surface area contributed by atoms with Gasteiger partial charge in [0.05, 0.1) is 10.0 Å². The molecule has 0 unspecified atom stereocenters. The van der Waals surface area contributed by atoms with Gasteiger partial charge in [0.1, 0.15) is 0 Å². The van der Waals surface area contributed by atoms with Gasteiger partial charge in [0, 0.05) is 16.9 Å². The van der Waals surface area contributed by atoms with Crippen LogP contribution in [0.3, 0.4) is 0 Å². The SMILES string of the molecule is O=C(OCc1cccc[n+]1F)c1ccccc1. The number of ether oxygens (including phenoxy) is 1. The molecule has 0 bridgehead atoms. The summed E-state index contributed by atoms with van der Waals surface area (Å²) in [6, 6.07) is 13.4. The Morgan fingerprint density at radius 2 is 1.82 bits per heavy atom. The predicted octanol–water partition coefficient (Wildman–Crippen LogP) is 2.06. The molecule has 0 saturated carbocycles. The Morgan fingerprint density at radius 1 is 1.12 bits per heavy atom. The fourth-order valence-electron chi connectivity index (χ4n) is 1.37. The molecule has 0 atom stereocenters. The summed E-state index contributed by atoms with van der Waals surface area (Å²) in [5.41, 5.74) is 0.741. The lowest BCUT2D eigenvalue weighted by Gasteiger charge is -2.01. The van der Waals surface area contributed by atoms with Gasteiger partial charge in [0.25, 0.3) is 5.69 Å². The van der Waals surface area contributed by atoms with Crippen LogP contribution in [0.15, 0.2) is 54.7 Å². The minimum atomic E-state index is -0.463. The van der Waals surface area contributed by atoms with E-state index in [-0.39, 0.29) is 12.3 Å². The van der Waals surface area contributed by atoms with Gasteiger partial charge in [0.15, 0.2) is 6.61 Å². The molecule has 2 rings (SSSR count). The molecule has 86 valence electrons. The van der Waals surface area contributed by atoms with Crippen LogP contribution in [0.5, 0.6) is 0 Å². The minimum absolute atomic E-state index is 0.0922. The van der Waals surface area contributed by atoms with Crippen LogP contribution in [-0.4, -0.2) is 5.97 Å². The summed E-state index contributed by atoms with van der Waals surface area (Å²) in [5.74, 6) is -0.463. The Labute approximate surface area is 98.0 Å². The highest BCUT2D eigenvalue weighted by Crippen LogP contribution is 2.03. The second kappa shape index (κ2) is 5.21. The van der Waals surface area contributed by atoms with Crippen LogP contribution in [0.1, 0.15) is 16.1 Å². The number of benzene rings is 1. The third kappa shape index (κ3) is 2.87. The van der Waals surface area contributed by atoms with E-state index in [1.807, 2.05) is 6.07 Å². The predicted molar refractivity (Wildman–Crippen MR) is 58.7 cm³/mol. The lowest BCUT2D eigenvalue weighted by atomic mass is 10.2. The van der Waals surface area contributed by atoms with Crippen LogP contribution in [0.25, 0.3) is 0 Å². The van der Waals surface area contributed by atoms with Crippen LogP contribution in [0.4, 0.5) is 4.48 Å². The van der Waals surface area contributed by atoms with Crippen molar-refractivity contribution in [3.63, 3.8) is 0 Å². The van der Waals surface area contributed by atoms with Crippen molar-refractivity contribution in [1.82, 2.24) is 0 Å². The third-order valence-corrected chi connectivity index (χ3v) is 2.25. The molecule has 0 amide bonds. The smallest absolute Gasteiger partial charge is 0.338 e. The van der Waals surface area contributed by atoms with E-state index in [0.29, 0.717) is 10.4 Å². The molecule has 0 aliphatic carbocycles. The van der Waals surface area contributed by atoms with Crippen LogP contribution in [0.2, 0.25) is 0 Å². The lowest BCUT2D eigenvalue weighted by Crippen LogP contribution is -2.28. The average Bonchev–Trinajstić information content (AvgIpc) is 2.38. The number of aromatic nitrogens is 1. The number of hydrogen-bond donors (Lipinski definition) is 0. The van der Waals surface area contributed by atoms with Gasteiger partial charge in [-0.2, -0.15) is 0 Å².